The van der Waals surface area contributed by atoms with Gasteiger partial charge in [-0.3, -0.25) is 10.1 Å². The number of nitrogens with two attached hydrogens (primary N) is 1. The Hall–Kier alpha value is -2.52. The van der Waals surface area contributed by atoms with Gasteiger partial charge in [-0.15, -0.1) is 0 Å². The number of hydrogen-bond donors (Lipinski definition) is 3. The minimum absolute atomic E-state index is 0.0557. The van der Waals surface area contributed by atoms with Crippen LogP contribution in [0.3, 0.4) is 0 Å². The molecular formula is C10H8ClFN6O2. The van der Waals surface area contributed by atoms with Crippen LogP contribution in [-0.2, 0) is 0 Å². The number of hydrogen-bond acceptors (Lipinski definition) is 7. The summed E-state index contributed by atoms with van der Waals surface area (Å²) in [6.07, 6.45) is 1.04. The molecule has 10 heteroatoms. The van der Waals surface area contributed by atoms with E-state index < -0.39 is 16.4 Å². The zero-order valence-electron chi connectivity index (χ0n) is 9.80. The van der Waals surface area contributed by atoms with E-state index in [9.17, 15) is 14.5 Å². The molecule has 0 spiro atoms. The molecule has 2 rings (SSSR count). The van der Waals surface area contributed by atoms with Gasteiger partial charge < -0.3 is 10.7 Å². The number of nitro groups is 1. The Bertz CT molecular complexity index is 648. The molecule has 0 fully saturated rings. The highest BCUT2D eigenvalue weighted by atomic mass is 35.5. The van der Waals surface area contributed by atoms with Gasteiger partial charge in [0.05, 0.1) is 15.6 Å². The van der Waals surface area contributed by atoms with Crippen molar-refractivity contribution in [1.29, 1.82) is 0 Å². The van der Waals surface area contributed by atoms with Gasteiger partial charge in [0.15, 0.2) is 0 Å². The molecule has 4 N–H and O–H groups in total. The predicted molar refractivity (Wildman–Crippen MR) is 71.2 cm³/mol. The predicted octanol–water partition coefficient (Wildman–Crippen LogP) is 2.21. The summed E-state index contributed by atoms with van der Waals surface area (Å²) in [6, 6.07) is 4.00. The van der Waals surface area contributed by atoms with Crippen LogP contribution in [0.1, 0.15) is 0 Å². The van der Waals surface area contributed by atoms with Gasteiger partial charge in [-0.2, -0.15) is 0 Å². The minimum atomic E-state index is -0.744. The Kier molecular flexibility index (Phi) is 3.91. The highest BCUT2D eigenvalue weighted by Crippen LogP contribution is 2.33. The van der Waals surface area contributed by atoms with E-state index in [1.165, 1.54) is 12.1 Å². The Morgan fingerprint density at radius 1 is 1.35 bits per heavy atom. The highest BCUT2D eigenvalue weighted by Gasteiger charge is 2.23. The van der Waals surface area contributed by atoms with Crippen LogP contribution >= 0.6 is 11.6 Å². The van der Waals surface area contributed by atoms with Gasteiger partial charge in [0.1, 0.15) is 12.1 Å². The van der Waals surface area contributed by atoms with Crippen molar-refractivity contribution >= 4 is 34.6 Å². The number of para-hydroxylation sites is 1. The summed E-state index contributed by atoms with van der Waals surface area (Å²) in [4.78, 5) is 17.6. The molecule has 0 saturated carbocycles. The van der Waals surface area contributed by atoms with Crippen LogP contribution < -0.4 is 16.6 Å². The van der Waals surface area contributed by atoms with Crippen molar-refractivity contribution in [3.8, 4) is 0 Å². The summed E-state index contributed by atoms with van der Waals surface area (Å²) in [7, 11) is 0. The van der Waals surface area contributed by atoms with Crippen LogP contribution in [0, 0.1) is 15.9 Å². The number of nitrogens with one attached hydrogen (secondary N) is 2. The van der Waals surface area contributed by atoms with Crippen LogP contribution in [0.15, 0.2) is 24.5 Å². The first-order valence-electron chi connectivity index (χ1n) is 5.21. The van der Waals surface area contributed by atoms with Crippen LogP contribution in [0.2, 0.25) is 5.02 Å². The molecule has 0 radical (unpaired) electrons. The van der Waals surface area contributed by atoms with Gasteiger partial charge in [-0.05, 0) is 12.1 Å². The van der Waals surface area contributed by atoms with Gasteiger partial charge in [-0.25, -0.2) is 20.2 Å². The first-order valence-corrected chi connectivity index (χ1v) is 5.59. The Labute approximate surface area is 116 Å². The van der Waals surface area contributed by atoms with Gasteiger partial charge in [0.2, 0.25) is 11.6 Å². The Morgan fingerprint density at radius 3 is 2.65 bits per heavy atom. The quantitative estimate of drug-likeness (QED) is 0.449. The van der Waals surface area contributed by atoms with Crippen molar-refractivity contribution in [3.63, 3.8) is 0 Å². The Balaban J connectivity index is 2.51. The fourth-order valence-corrected chi connectivity index (χ4v) is 1.69. The van der Waals surface area contributed by atoms with Crippen LogP contribution in [0.25, 0.3) is 0 Å². The fourth-order valence-electron chi connectivity index (χ4n) is 1.48. The van der Waals surface area contributed by atoms with E-state index in [0.29, 0.717) is 0 Å². The van der Waals surface area contributed by atoms with Crippen molar-refractivity contribution in [1.82, 2.24) is 9.97 Å². The maximum atomic E-state index is 13.7. The van der Waals surface area contributed by atoms with Crippen LogP contribution in [-0.4, -0.2) is 14.9 Å². The zero-order valence-corrected chi connectivity index (χ0v) is 10.6. The second kappa shape index (κ2) is 5.63. The largest absolute Gasteiger partial charge is 0.354 e. The number of nitrogens with zero attached hydrogens (tertiary/aromatic N) is 3. The van der Waals surface area contributed by atoms with Crippen molar-refractivity contribution in [2.45, 2.75) is 0 Å². The summed E-state index contributed by atoms with van der Waals surface area (Å²) in [6.45, 7) is 0. The molecule has 0 amide bonds. The average molecular weight is 299 g/mol. The first kappa shape index (κ1) is 13.9. The molecule has 20 heavy (non-hydrogen) atoms. The molecule has 1 aromatic heterocycles. The zero-order chi connectivity index (χ0) is 14.7. The van der Waals surface area contributed by atoms with Gasteiger partial charge in [0.25, 0.3) is 0 Å². The smallest absolute Gasteiger partial charge is 0.331 e. The van der Waals surface area contributed by atoms with Crippen molar-refractivity contribution < 1.29 is 9.31 Å². The van der Waals surface area contributed by atoms with E-state index in [1.54, 1.807) is 0 Å². The summed E-state index contributed by atoms with van der Waals surface area (Å²) >= 11 is 5.83. The van der Waals surface area contributed by atoms with E-state index in [4.69, 9.17) is 17.4 Å². The molecule has 1 aromatic carbocycles. The molecule has 0 unspecified atom stereocenters. The van der Waals surface area contributed by atoms with E-state index in [0.717, 1.165) is 12.4 Å². The maximum absolute atomic E-state index is 13.7. The summed E-state index contributed by atoms with van der Waals surface area (Å²) in [5.74, 6) is 4.02. The Morgan fingerprint density at radius 2 is 2.05 bits per heavy atom. The lowest BCUT2D eigenvalue weighted by Gasteiger charge is -2.10. The molecule has 0 atom stereocenters. The second-order valence-electron chi connectivity index (χ2n) is 3.54. The fraction of sp³-hybridized carbons (Fsp3) is 0. The minimum Gasteiger partial charge on any atom is -0.331 e. The second-order valence-corrected chi connectivity index (χ2v) is 3.95. The molecule has 0 aliphatic rings. The lowest BCUT2D eigenvalue weighted by molar-refractivity contribution is -0.383. The molecular weight excluding hydrogens is 291 g/mol. The van der Waals surface area contributed by atoms with E-state index in [1.807, 2.05) is 0 Å². The number of rotatable bonds is 4. The van der Waals surface area contributed by atoms with Gasteiger partial charge >= 0.3 is 5.69 Å². The molecule has 2 aromatic rings. The summed E-state index contributed by atoms with van der Waals surface area (Å²) in [5, 5.41) is 13.6. The summed E-state index contributed by atoms with van der Waals surface area (Å²) in [5.41, 5.74) is 1.43. The standard InChI is InChI=1S/C10H8ClFN6O2/c11-5-2-1-3-6(12)7(5)16-9-8(18(19)20)10(17-13)15-4-14-9/h1-4H,13H2,(H2,14,15,16,17). The lowest BCUT2D eigenvalue weighted by atomic mass is 10.3. The van der Waals surface area contributed by atoms with E-state index in [-0.39, 0.29) is 22.3 Å². The normalized spacial score (nSPS) is 10.2. The average Bonchev–Trinajstić information content (AvgIpc) is 2.42. The maximum Gasteiger partial charge on any atom is 0.354 e. The SMILES string of the molecule is NNc1ncnc(Nc2c(F)cccc2Cl)c1[N+](=O)[O-]. The third-order valence-corrected chi connectivity index (χ3v) is 2.66. The molecule has 104 valence electrons. The molecule has 0 bridgehead atoms. The van der Waals surface area contributed by atoms with E-state index in [2.05, 4.69) is 20.7 Å². The molecule has 0 saturated heterocycles. The van der Waals surface area contributed by atoms with Crippen molar-refractivity contribution in [2.24, 2.45) is 5.84 Å². The number of nitrogen functional groups attached to an aromatic ring is 1. The molecule has 8 nitrogen and oxygen atoms in total. The third kappa shape index (κ3) is 2.58. The number of halogens is 2. The molecule has 1 heterocycles. The van der Waals surface area contributed by atoms with Crippen molar-refractivity contribution in [2.75, 3.05) is 10.7 Å². The monoisotopic (exact) mass is 298 g/mol. The van der Waals surface area contributed by atoms with Crippen LogP contribution in [0.4, 0.5) is 27.4 Å². The topological polar surface area (TPSA) is 119 Å². The van der Waals surface area contributed by atoms with E-state index >= 15 is 0 Å². The highest BCUT2D eigenvalue weighted by molar-refractivity contribution is 6.33. The summed E-state index contributed by atoms with van der Waals surface area (Å²) < 4.78 is 13.7. The van der Waals surface area contributed by atoms with Gasteiger partial charge in [-0.1, -0.05) is 17.7 Å². The number of aromatic nitrogens is 2. The van der Waals surface area contributed by atoms with Gasteiger partial charge in [0, 0.05) is 0 Å². The first-order chi connectivity index (χ1) is 9.54. The molecule has 0 aliphatic carbocycles. The number of hydrazine groups is 1. The number of anilines is 3. The number of benzene rings is 1. The lowest BCUT2D eigenvalue weighted by Crippen LogP contribution is -2.13. The van der Waals surface area contributed by atoms with Crippen molar-refractivity contribution in [3.05, 3.63) is 45.5 Å². The third-order valence-electron chi connectivity index (χ3n) is 2.35. The molecule has 0 aliphatic heterocycles. The van der Waals surface area contributed by atoms with Crippen LogP contribution in [0.5, 0.6) is 0 Å².